The van der Waals surface area contributed by atoms with Crippen molar-refractivity contribution in [3.63, 3.8) is 0 Å². The van der Waals surface area contributed by atoms with Gasteiger partial charge in [0.05, 0.1) is 16.7 Å². The first-order valence-electron chi connectivity index (χ1n) is 8.48. The van der Waals surface area contributed by atoms with Gasteiger partial charge in [0.2, 0.25) is 0 Å². The molecule has 3 rings (SSSR count). The van der Waals surface area contributed by atoms with Crippen LogP contribution < -0.4 is 5.43 Å². The van der Waals surface area contributed by atoms with Crippen LogP contribution in [0.1, 0.15) is 42.7 Å². The van der Waals surface area contributed by atoms with E-state index in [-0.39, 0.29) is 16.8 Å². The van der Waals surface area contributed by atoms with Crippen LogP contribution >= 0.6 is 0 Å². The molecule has 144 valence electrons. The lowest BCUT2D eigenvalue weighted by Crippen LogP contribution is -2.18. The second-order valence-corrected chi connectivity index (χ2v) is 7.09. The fraction of sp³-hybridized carbons (Fsp3) is 0.211. The lowest BCUT2D eigenvalue weighted by molar-refractivity contribution is -0.384. The molecule has 28 heavy (non-hydrogen) atoms. The van der Waals surface area contributed by atoms with Gasteiger partial charge in [-0.25, -0.2) is 5.43 Å². The summed E-state index contributed by atoms with van der Waals surface area (Å²) in [4.78, 5) is 22.8. The molecule has 2 aromatic heterocycles. The molecule has 0 atom stereocenters. The van der Waals surface area contributed by atoms with E-state index in [1.807, 2.05) is 20.8 Å². The molecule has 1 amide bonds. The highest BCUT2D eigenvalue weighted by Crippen LogP contribution is 2.30. The van der Waals surface area contributed by atoms with Crippen molar-refractivity contribution >= 4 is 17.8 Å². The van der Waals surface area contributed by atoms with Gasteiger partial charge in [0.15, 0.2) is 5.69 Å². The lowest BCUT2D eigenvalue weighted by Gasteiger charge is -2.14. The number of aromatic amines is 1. The third-order valence-corrected chi connectivity index (χ3v) is 3.97. The van der Waals surface area contributed by atoms with E-state index in [4.69, 9.17) is 4.42 Å². The average molecular weight is 381 g/mol. The number of nitrogens with one attached hydrogen (secondary N) is 2. The Balaban J connectivity index is 1.69. The van der Waals surface area contributed by atoms with Crippen LogP contribution in [0.2, 0.25) is 0 Å². The quantitative estimate of drug-likeness (QED) is 0.396. The van der Waals surface area contributed by atoms with E-state index in [1.165, 1.54) is 12.3 Å². The Morgan fingerprint density at radius 1 is 1.29 bits per heavy atom. The molecule has 0 saturated carbocycles. The third-order valence-electron chi connectivity index (χ3n) is 3.97. The topological polar surface area (TPSA) is 126 Å². The summed E-state index contributed by atoms with van der Waals surface area (Å²) < 4.78 is 5.57. The Kier molecular flexibility index (Phi) is 5.08. The van der Waals surface area contributed by atoms with Crippen LogP contribution in [0.4, 0.5) is 5.69 Å². The molecule has 0 saturated heterocycles. The summed E-state index contributed by atoms with van der Waals surface area (Å²) >= 11 is 0. The molecule has 0 spiro atoms. The van der Waals surface area contributed by atoms with Gasteiger partial charge < -0.3 is 4.42 Å². The Morgan fingerprint density at radius 2 is 2.04 bits per heavy atom. The van der Waals surface area contributed by atoms with Crippen molar-refractivity contribution in [2.45, 2.75) is 26.2 Å². The van der Waals surface area contributed by atoms with Crippen molar-refractivity contribution in [1.82, 2.24) is 15.6 Å². The van der Waals surface area contributed by atoms with Crippen LogP contribution in [0.15, 0.2) is 52.0 Å². The minimum atomic E-state index is -0.471. The molecule has 0 radical (unpaired) electrons. The number of hydrogen-bond donors (Lipinski definition) is 2. The highest BCUT2D eigenvalue weighted by Gasteiger charge is 2.19. The Labute approximate surface area is 160 Å². The minimum Gasteiger partial charge on any atom is -0.455 e. The summed E-state index contributed by atoms with van der Waals surface area (Å²) in [6.07, 6.45) is 1.31. The largest absolute Gasteiger partial charge is 0.455 e. The van der Waals surface area contributed by atoms with Gasteiger partial charge in [0.25, 0.3) is 11.6 Å². The number of carbonyl (C=O) groups excluding carboxylic acids is 1. The van der Waals surface area contributed by atoms with Crippen LogP contribution in [0.3, 0.4) is 0 Å². The second-order valence-electron chi connectivity index (χ2n) is 7.09. The number of benzene rings is 1. The molecule has 3 aromatic rings. The molecule has 1 aromatic carbocycles. The summed E-state index contributed by atoms with van der Waals surface area (Å²) in [6.45, 7) is 6.02. The van der Waals surface area contributed by atoms with Gasteiger partial charge in [-0.2, -0.15) is 10.2 Å². The maximum atomic E-state index is 12.1. The van der Waals surface area contributed by atoms with Gasteiger partial charge >= 0.3 is 0 Å². The van der Waals surface area contributed by atoms with Crippen molar-refractivity contribution in [2.75, 3.05) is 0 Å². The van der Waals surface area contributed by atoms with Crippen molar-refractivity contribution in [3.05, 3.63) is 69.7 Å². The number of furan rings is 1. The molecule has 2 N–H and O–H groups in total. The van der Waals surface area contributed by atoms with E-state index >= 15 is 0 Å². The molecular formula is C19H19N5O4. The molecule has 0 fully saturated rings. The third kappa shape index (κ3) is 4.14. The summed E-state index contributed by atoms with van der Waals surface area (Å²) in [7, 11) is 0. The number of nitro groups is 1. The molecule has 0 aliphatic heterocycles. The van der Waals surface area contributed by atoms with Gasteiger partial charge in [-0.15, -0.1) is 0 Å². The number of hydrogen-bond acceptors (Lipinski definition) is 6. The van der Waals surface area contributed by atoms with Gasteiger partial charge in [-0.05, 0) is 24.3 Å². The van der Waals surface area contributed by atoms with E-state index in [0.717, 1.165) is 5.69 Å². The average Bonchev–Trinajstić information content (AvgIpc) is 3.31. The van der Waals surface area contributed by atoms with Crippen LogP contribution in [-0.4, -0.2) is 27.2 Å². The monoisotopic (exact) mass is 381 g/mol. The van der Waals surface area contributed by atoms with Crippen molar-refractivity contribution in [3.8, 4) is 11.3 Å². The van der Waals surface area contributed by atoms with E-state index in [9.17, 15) is 14.9 Å². The summed E-state index contributed by atoms with van der Waals surface area (Å²) in [5.41, 5.74) is 3.59. The number of aromatic nitrogens is 2. The van der Waals surface area contributed by atoms with Gasteiger partial charge in [0, 0.05) is 17.2 Å². The van der Waals surface area contributed by atoms with Crippen LogP contribution in [-0.2, 0) is 5.41 Å². The SMILES string of the molecule is CC(C)(C)c1cc(C(=O)N/N=C/c2ccc(-c3ccccc3[N+](=O)[O-])o2)n[nH]1. The number of para-hydroxylation sites is 1. The van der Waals surface area contributed by atoms with Crippen LogP contribution in [0.5, 0.6) is 0 Å². The normalized spacial score (nSPS) is 11.7. The van der Waals surface area contributed by atoms with E-state index < -0.39 is 10.8 Å². The minimum absolute atomic E-state index is 0.0539. The first-order chi connectivity index (χ1) is 13.3. The smallest absolute Gasteiger partial charge is 0.291 e. The van der Waals surface area contributed by atoms with Gasteiger partial charge in [-0.3, -0.25) is 20.0 Å². The molecule has 0 bridgehead atoms. The molecular weight excluding hydrogens is 362 g/mol. The number of carbonyl (C=O) groups is 1. The fourth-order valence-electron chi connectivity index (χ4n) is 2.44. The first kappa shape index (κ1) is 19.0. The highest BCUT2D eigenvalue weighted by atomic mass is 16.6. The summed E-state index contributed by atoms with van der Waals surface area (Å²) in [6, 6.07) is 11.2. The molecule has 9 nitrogen and oxygen atoms in total. The lowest BCUT2D eigenvalue weighted by atomic mass is 9.92. The van der Waals surface area contributed by atoms with Crippen molar-refractivity contribution < 1.29 is 14.1 Å². The maximum Gasteiger partial charge on any atom is 0.291 e. The molecule has 0 unspecified atom stereocenters. The molecule has 2 heterocycles. The number of rotatable bonds is 5. The predicted octanol–water partition coefficient (Wildman–Crippen LogP) is 3.64. The van der Waals surface area contributed by atoms with E-state index in [0.29, 0.717) is 17.1 Å². The number of nitro benzene ring substituents is 1. The standard InChI is InChI=1S/C19H19N5O4/c1-19(2,3)17-10-14(21-22-17)18(25)23-20-11-12-8-9-16(28-12)13-6-4-5-7-15(13)24(26)27/h4-11H,1-3H3,(H,21,22)(H,23,25)/b20-11+. The van der Waals surface area contributed by atoms with E-state index in [1.54, 1.807) is 36.4 Å². The number of H-pyrrole nitrogens is 1. The predicted molar refractivity (Wildman–Crippen MR) is 103 cm³/mol. The van der Waals surface area contributed by atoms with Crippen LogP contribution in [0.25, 0.3) is 11.3 Å². The van der Waals surface area contributed by atoms with Crippen molar-refractivity contribution in [2.24, 2.45) is 5.10 Å². The number of hydrazone groups is 1. The molecule has 0 aliphatic carbocycles. The Bertz CT molecular complexity index is 1040. The first-order valence-corrected chi connectivity index (χ1v) is 8.48. The maximum absolute atomic E-state index is 12.1. The fourth-order valence-corrected chi connectivity index (χ4v) is 2.44. The van der Waals surface area contributed by atoms with Gasteiger partial charge in [-0.1, -0.05) is 32.9 Å². The zero-order valence-electron chi connectivity index (χ0n) is 15.6. The van der Waals surface area contributed by atoms with E-state index in [2.05, 4.69) is 20.7 Å². The zero-order valence-corrected chi connectivity index (χ0v) is 15.6. The Hall–Kier alpha value is -3.75. The highest BCUT2D eigenvalue weighted by molar-refractivity contribution is 5.93. The second kappa shape index (κ2) is 7.47. The number of amides is 1. The molecule has 0 aliphatic rings. The summed E-state index contributed by atoms with van der Waals surface area (Å²) in [5, 5.41) is 21.8. The van der Waals surface area contributed by atoms with Crippen LogP contribution in [0, 0.1) is 10.1 Å². The Morgan fingerprint density at radius 3 is 2.71 bits per heavy atom. The van der Waals surface area contributed by atoms with Crippen molar-refractivity contribution in [1.29, 1.82) is 0 Å². The summed E-state index contributed by atoms with van der Waals surface area (Å²) in [5.74, 6) is 0.210. The molecule has 9 heteroatoms. The zero-order chi connectivity index (χ0) is 20.3. The number of nitrogens with zero attached hydrogens (tertiary/aromatic N) is 3. The van der Waals surface area contributed by atoms with Gasteiger partial charge in [0.1, 0.15) is 11.5 Å².